The normalized spacial score (nSPS) is 27.4. The zero-order valence-electron chi connectivity index (χ0n) is 17.4. The maximum Gasteiger partial charge on any atom is 0.508 e. The predicted octanol–water partition coefficient (Wildman–Crippen LogP) is 3.93. The summed E-state index contributed by atoms with van der Waals surface area (Å²) in [6.45, 7) is 12.3. The molecule has 0 aromatic heterocycles. The monoisotopic (exact) mass is 442 g/mol. The molecule has 28 heavy (non-hydrogen) atoms. The zero-order chi connectivity index (χ0) is 21.1. The molecule has 2 saturated heterocycles. The van der Waals surface area contributed by atoms with Crippen molar-refractivity contribution < 1.29 is 33.2 Å². The second-order valence-corrected chi connectivity index (χ2v) is 9.71. The Morgan fingerprint density at radius 3 is 1.32 bits per heavy atom. The van der Waals surface area contributed by atoms with Gasteiger partial charge in [0.1, 0.15) is 12.2 Å². The zero-order valence-corrected chi connectivity index (χ0v) is 18.9. The van der Waals surface area contributed by atoms with Gasteiger partial charge in [0.15, 0.2) is 11.6 Å². The highest BCUT2D eigenvalue weighted by atomic mass is 35.5. The first kappa shape index (κ1) is 24.0. The highest BCUT2D eigenvalue weighted by Gasteiger charge is 2.40. The van der Waals surface area contributed by atoms with Crippen LogP contribution in [0.4, 0.5) is 4.79 Å². The molecule has 2 fully saturated rings. The second-order valence-electron chi connectivity index (χ2n) is 8.33. The minimum atomic E-state index is -0.829. The van der Waals surface area contributed by atoms with Crippen LogP contribution in [-0.4, -0.2) is 67.1 Å². The summed E-state index contributed by atoms with van der Waals surface area (Å²) < 4.78 is 33.7. The van der Waals surface area contributed by atoms with Crippen LogP contribution in [0.15, 0.2) is 0 Å². The Labute approximate surface area is 177 Å². The van der Waals surface area contributed by atoms with Gasteiger partial charge in [-0.05, 0) is 41.5 Å². The minimum absolute atomic E-state index is 0.193. The molecule has 2 rings (SSSR count). The van der Waals surface area contributed by atoms with Crippen LogP contribution >= 0.6 is 23.2 Å². The molecule has 0 spiro atoms. The third-order valence-electron chi connectivity index (χ3n) is 4.88. The summed E-state index contributed by atoms with van der Waals surface area (Å²) in [6, 6.07) is 0. The lowest BCUT2D eigenvalue weighted by molar-refractivity contribution is -0.274. The van der Waals surface area contributed by atoms with Gasteiger partial charge in [0.25, 0.3) is 0 Å². The summed E-state index contributed by atoms with van der Waals surface area (Å²) in [5.41, 5.74) is 0. The van der Waals surface area contributed by atoms with Gasteiger partial charge >= 0.3 is 6.16 Å². The van der Waals surface area contributed by atoms with Gasteiger partial charge in [-0.15, -0.1) is 23.2 Å². The van der Waals surface area contributed by atoms with E-state index in [2.05, 4.69) is 0 Å². The molecule has 2 heterocycles. The van der Waals surface area contributed by atoms with Crippen LogP contribution in [0.1, 0.15) is 41.5 Å². The lowest BCUT2D eigenvalue weighted by Crippen LogP contribution is -2.49. The molecule has 0 aromatic carbocycles. The summed E-state index contributed by atoms with van der Waals surface area (Å²) in [5.74, 6) is -1.71. The minimum Gasteiger partial charge on any atom is -0.429 e. The number of halogens is 2. The summed E-state index contributed by atoms with van der Waals surface area (Å²) in [6.07, 6.45) is -2.06. The average Bonchev–Trinajstić information content (AvgIpc) is 2.58. The highest BCUT2D eigenvalue weighted by Crippen LogP contribution is 2.29. The fraction of sp³-hybridized carbons (Fsp3) is 0.947. The second kappa shape index (κ2) is 9.67. The summed E-state index contributed by atoms with van der Waals surface area (Å²) >= 11 is 12.5. The van der Waals surface area contributed by atoms with E-state index in [1.807, 2.05) is 27.7 Å². The van der Waals surface area contributed by atoms with Crippen LogP contribution in [0.3, 0.4) is 0 Å². The number of rotatable bonds is 6. The van der Waals surface area contributed by atoms with Crippen molar-refractivity contribution in [3.05, 3.63) is 0 Å². The molecule has 9 heteroatoms. The molecule has 0 aromatic rings. The van der Waals surface area contributed by atoms with Gasteiger partial charge in [0, 0.05) is 11.8 Å². The third-order valence-corrected chi connectivity index (χ3v) is 5.38. The predicted molar refractivity (Wildman–Crippen MR) is 105 cm³/mol. The number of alkyl halides is 2. The third kappa shape index (κ3) is 6.89. The Kier molecular flexibility index (Phi) is 8.27. The summed E-state index contributed by atoms with van der Waals surface area (Å²) in [7, 11) is 0. The number of ether oxygens (including phenoxy) is 6. The molecular weight excluding hydrogens is 411 g/mol. The number of hydrogen-bond acceptors (Lipinski definition) is 7. The van der Waals surface area contributed by atoms with Crippen molar-refractivity contribution in [1.29, 1.82) is 0 Å². The molecule has 7 nitrogen and oxygen atoms in total. The lowest BCUT2D eigenvalue weighted by Gasteiger charge is -2.39. The number of carbonyl (C=O) groups is 1. The molecule has 0 radical (unpaired) electrons. The van der Waals surface area contributed by atoms with Gasteiger partial charge < -0.3 is 28.4 Å². The molecule has 2 aliphatic heterocycles. The van der Waals surface area contributed by atoms with E-state index in [9.17, 15) is 4.79 Å². The molecule has 2 aliphatic rings. The molecular formula is C19H32Cl2O7. The average molecular weight is 443 g/mol. The Hall–Kier alpha value is -0.310. The Bertz CT molecular complexity index is 460. The van der Waals surface area contributed by atoms with E-state index in [0.717, 1.165) is 0 Å². The van der Waals surface area contributed by atoms with Crippen LogP contribution in [0, 0.1) is 11.8 Å². The van der Waals surface area contributed by atoms with Crippen molar-refractivity contribution in [2.24, 2.45) is 11.8 Å². The van der Waals surface area contributed by atoms with Crippen LogP contribution in [0.2, 0.25) is 0 Å². The SMILES string of the molecule is CC(Cl)C(OC(=O)OC(C(C)Cl)C1COC(C)(C)OC1)C1COC(C)(C)OC1. The fourth-order valence-corrected chi connectivity index (χ4v) is 3.68. The van der Waals surface area contributed by atoms with E-state index in [1.165, 1.54) is 0 Å². The molecule has 0 N–H and O–H groups in total. The molecule has 0 amide bonds. The van der Waals surface area contributed by atoms with Crippen LogP contribution in [0.5, 0.6) is 0 Å². The van der Waals surface area contributed by atoms with E-state index in [0.29, 0.717) is 26.4 Å². The van der Waals surface area contributed by atoms with Gasteiger partial charge in [0.2, 0.25) is 0 Å². The van der Waals surface area contributed by atoms with Crippen LogP contribution in [-0.2, 0) is 28.4 Å². The summed E-state index contributed by atoms with van der Waals surface area (Å²) in [4.78, 5) is 12.5. The molecule has 164 valence electrons. The molecule has 4 unspecified atom stereocenters. The molecule has 0 bridgehead atoms. The van der Waals surface area contributed by atoms with Crippen molar-refractivity contribution in [2.75, 3.05) is 26.4 Å². The Morgan fingerprint density at radius 1 is 0.786 bits per heavy atom. The van der Waals surface area contributed by atoms with Crippen molar-refractivity contribution in [3.8, 4) is 0 Å². The van der Waals surface area contributed by atoms with Gasteiger partial charge in [-0.25, -0.2) is 4.79 Å². The standard InChI is InChI=1S/C19H32Cl2O7/c1-11(20)15(13-7-23-18(3,4)24-8-13)27-17(22)28-16(12(2)21)14-9-25-19(5,6)26-10-14/h11-16H,7-10H2,1-6H3. The van der Waals surface area contributed by atoms with E-state index < -0.39 is 40.7 Å². The topological polar surface area (TPSA) is 72.5 Å². The maximum atomic E-state index is 12.5. The first-order valence-electron chi connectivity index (χ1n) is 9.61. The van der Waals surface area contributed by atoms with Crippen molar-refractivity contribution >= 4 is 29.4 Å². The first-order chi connectivity index (χ1) is 12.9. The molecule has 0 aliphatic carbocycles. The van der Waals surface area contributed by atoms with E-state index in [1.54, 1.807) is 13.8 Å². The van der Waals surface area contributed by atoms with Crippen LogP contribution in [0.25, 0.3) is 0 Å². The maximum absolute atomic E-state index is 12.5. The fourth-order valence-electron chi connectivity index (χ4n) is 3.17. The van der Waals surface area contributed by atoms with Gasteiger partial charge in [-0.1, -0.05) is 0 Å². The quantitative estimate of drug-likeness (QED) is 0.455. The highest BCUT2D eigenvalue weighted by molar-refractivity contribution is 6.21. The summed E-state index contributed by atoms with van der Waals surface area (Å²) in [5, 5.41) is -0.889. The van der Waals surface area contributed by atoms with E-state index >= 15 is 0 Å². The number of hydrogen-bond donors (Lipinski definition) is 0. The largest absolute Gasteiger partial charge is 0.508 e. The Morgan fingerprint density at radius 2 is 1.07 bits per heavy atom. The first-order valence-corrected chi connectivity index (χ1v) is 10.5. The van der Waals surface area contributed by atoms with Crippen LogP contribution < -0.4 is 0 Å². The van der Waals surface area contributed by atoms with E-state index in [-0.39, 0.29) is 11.8 Å². The van der Waals surface area contributed by atoms with Crippen molar-refractivity contribution in [1.82, 2.24) is 0 Å². The number of carbonyl (C=O) groups excluding carboxylic acids is 1. The van der Waals surface area contributed by atoms with Gasteiger partial charge in [-0.3, -0.25) is 0 Å². The Balaban J connectivity index is 1.94. The molecule has 0 saturated carbocycles. The van der Waals surface area contributed by atoms with Crippen molar-refractivity contribution in [3.63, 3.8) is 0 Å². The lowest BCUT2D eigenvalue weighted by atomic mass is 10.00. The molecule has 4 atom stereocenters. The smallest absolute Gasteiger partial charge is 0.429 e. The van der Waals surface area contributed by atoms with Crippen molar-refractivity contribution in [2.45, 2.75) is 76.1 Å². The van der Waals surface area contributed by atoms with Gasteiger partial charge in [-0.2, -0.15) is 0 Å². The van der Waals surface area contributed by atoms with E-state index in [4.69, 9.17) is 51.6 Å². The van der Waals surface area contributed by atoms with Gasteiger partial charge in [0.05, 0.1) is 37.2 Å².